The highest BCUT2D eigenvalue weighted by Crippen LogP contribution is 2.31. The molecule has 2 fully saturated rings. The number of hydrogen-bond donors (Lipinski definition) is 3. The molecule has 13 heteroatoms. The Kier molecular flexibility index (Phi) is 6.67. The number of hydrogen-bond acceptors (Lipinski definition) is 7. The smallest absolute Gasteiger partial charge is 0.279 e. The van der Waals surface area contributed by atoms with Gasteiger partial charge in [-0.1, -0.05) is 0 Å². The molecule has 10 nitrogen and oxygen atoms in total. The van der Waals surface area contributed by atoms with E-state index in [2.05, 4.69) is 15.3 Å². The number of nitrogens with one attached hydrogen (secondary N) is 2. The molecule has 0 bridgehead atoms. The third-order valence-electron chi connectivity index (χ3n) is 6.13. The van der Waals surface area contributed by atoms with Crippen LogP contribution in [-0.2, 0) is 10.2 Å². The van der Waals surface area contributed by atoms with Crippen LogP contribution in [-0.4, -0.2) is 70.1 Å². The molecule has 1 aliphatic carbocycles. The summed E-state index contributed by atoms with van der Waals surface area (Å²) in [6, 6.07) is 2.64. The number of aliphatic hydroxyl groups is 1. The van der Waals surface area contributed by atoms with Gasteiger partial charge < -0.3 is 10.4 Å². The molecule has 0 unspecified atom stereocenters. The van der Waals surface area contributed by atoms with Crippen molar-refractivity contribution in [2.75, 3.05) is 25.0 Å². The Morgan fingerprint density at radius 1 is 1.21 bits per heavy atom. The minimum atomic E-state index is -3.98. The first kappa shape index (κ1) is 23.9. The van der Waals surface area contributed by atoms with E-state index in [1.165, 1.54) is 10.6 Å². The van der Waals surface area contributed by atoms with E-state index in [0.717, 1.165) is 10.7 Å². The molecule has 3 N–H and O–H groups in total. The number of piperidine rings is 1. The maximum atomic E-state index is 13.0. The fraction of sp³-hybridized carbons (Fsp3) is 0.650. The van der Waals surface area contributed by atoms with Gasteiger partial charge in [-0.3, -0.25) is 9.36 Å². The highest BCUT2D eigenvalue weighted by molar-refractivity contribution is 7.87. The minimum Gasteiger partial charge on any atom is -0.391 e. The summed E-state index contributed by atoms with van der Waals surface area (Å²) >= 11 is 0. The number of alkyl halides is 2. The largest absolute Gasteiger partial charge is 0.391 e. The summed E-state index contributed by atoms with van der Waals surface area (Å²) in [5.41, 5.74) is 0.206. The molecule has 1 aliphatic heterocycles. The standard InChI is InChI=1S/C20H28F2N6O4S/c1-20(21,22)12-24-33(31,32)27-9-7-14(8-10-27)25-19-23-11-13-5-6-17(30)28(18(13)26-19)15-3-2-4-16(15)29/h5-6,11,14-16,24,29H,2-4,7-10,12H2,1H3,(H,23,25,26)/t15-,16-/m0/s1. The number of pyridine rings is 1. The summed E-state index contributed by atoms with van der Waals surface area (Å²) in [7, 11) is -3.98. The zero-order valence-electron chi connectivity index (χ0n) is 18.2. The van der Waals surface area contributed by atoms with Crippen LogP contribution < -0.4 is 15.6 Å². The molecular formula is C20H28F2N6O4S. The lowest BCUT2D eigenvalue weighted by molar-refractivity contribution is 0.0277. The van der Waals surface area contributed by atoms with Crippen molar-refractivity contribution in [1.29, 1.82) is 0 Å². The molecule has 0 aromatic carbocycles. The molecule has 0 radical (unpaired) electrons. The van der Waals surface area contributed by atoms with Gasteiger partial charge in [-0.25, -0.2) is 13.8 Å². The van der Waals surface area contributed by atoms with Crippen molar-refractivity contribution in [2.24, 2.45) is 0 Å². The van der Waals surface area contributed by atoms with Crippen molar-refractivity contribution in [3.63, 3.8) is 0 Å². The normalized spacial score (nSPS) is 23.3. The molecule has 0 amide bonds. The zero-order valence-corrected chi connectivity index (χ0v) is 19.1. The second-order valence-electron chi connectivity index (χ2n) is 8.79. The second-order valence-corrected chi connectivity index (χ2v) is 10.5. The minimum absolute atomic E-state index is 0.123. The first-order valence-corrected chi connectivity index (χ1v) is 12.4. The molecule has 3 heterocycles. The Balaban J connectivity index is 1.45. The molecule has 1 saturated carbocycles. The van der Waals surface area contributed by atoms with Crippen molar-refractivity contribution >= 4 is 27.2 Å². The molecule has 182 valence electrons. The molecule has 4 rings (SSSR count). The van der Waals surface area contributed by atoms with E-state index in [-0.39, 0.29) is 30.7 Å². The Labute approximate surface area is 190 Å². The number of anilines is 1. The van der Waals surface area contributed by atoms with Crippen LogP contribution in [0.25, 0.3) is 11.0 Å². The fourth-order valence-electron chi connectivity index (χ4n) is 4.38. The number of fused-ring (bicyclic) bond motifs is 1. The van der Waals surface area contributed by atoms with Gasteiger partial charge in [0.25, 0.3) is 21.7 Å². The quantitative estimate of drug-likeness (QED) is 0.537. The predicted octanol–water partition coefficient (Wildman–Crippen LogP) is 1.24. The van der Waals surface area contributed by atoms with E-state index < -0.39 is 28.8 Å². The highest BCUT2D eigenvalue weighted by atomic mass is 32.2. The Bertz CT molecular complexity index is 1160. The highest BCUT2D eigenvalue weighted by Gasteiger charge is 2.32. The fourth-order valence-corrected chi connectivity index (χ4v) is 5.69. The SMILES string of the molecule is CC(F)(F)CNS(=O)(=O)N1CCC(Nc2ncc3ccc(=O)n([C@H]4CCC[C@@H]4O)c3n2)CC1. The number of rotatable bonds is 7. The van der Waals surface area contributed by atoms with Crippen molar-refractivity contribution < 1.29 is 22.3 Å². The Hall–Kier alpha value is -2.22. The van der Waals surface area contributed by atoms with E-state index in [9.17, 15) is 27.1 Å². The molecule has 1 saturated heterocycles. The number of nitrogens with zero attached hydrogens (tertiary/aromatic N) is 4. The van der Waals surface area contributed by atoms with Crippen molar-refractivity contribution in [3.05, 3.63) is 28.7 Å². The maximum Gasteiger partial charge on any atom is 0.279 e. The van der Waals surface area contributed by atoms with Crippen molar-refractivity contribution in [2.45, 2.75) is 63.1 Å². The summed E-state index contributed by atoms with van der Waals surface area (Å²) in [6.07, 6.45) is 4.04. The van der Waals surface area contributed by atoms with Crippen molar-refractivity contribution in [3.8, 4) is 0 Å². The van der Waals surface area contributed by atoms with Crippen LogP contribution in [0.5, 0.6) is 0 Å². The lowest BCUT2D eigenvalue weighted by atomic mass is 10.1. The number of aliphatic hydroxyl groups excluding tert-OH is 1. The summed E-state index contributed by atoms with van der Waals surface area (Å²) in [4.78, 5) is 21.4. The zero-order chi connectivity index (χ0) is 23.8. The van der Waals surface area contributed by atoms with E-state index in [4.69, 9.17) is 0 Å². The maximum absolute atomic E-state index is 13.0. The summed E-state index contributed by atoms with van der Waals surface area (Å²) in [5.74, 6) is -2.82. The lowest BCUT2D eigenvalue weighted by Crippen LogP contribution is -2.49. The topological polar surface area (TPSA) is 129 Å². The number of aromatic nitrogens is 3. The van der Waals surface area contributed by atoms with Crippen molar-refractivity contribution in [1.82, 2.24) is 23.6 Å². The first-order valence-electron chi connectivity index (χ1n) is 11.0. The van der Waals surface area contributed by atoms with Crippen LogP contribution in [0.4, 0.5) is 14.7 Å². The van der Waals surface area contributed by atoms with Gasteiger partial charge in [-0.05, 0) is 38.2 Å². The monoisotopic (exact) mass is 486 g/mol. The van der Waals surface area contributed by atoms with Crippen LogP contribution in [0.15, 0.2) is 23.1 Å². The third-order valence-corrected chi connectivity index (χ3v) is 7.69. The molecule has 33 heavy (non-hydrogen) atoms. The third kappa shape index (κ3) is 5.48. The molecular weight excluding hydrogens is 458 g/mol. The Morgan fingerprint density at radius 3 is 2.58 bits per heavy atom. The van der Waals surface area contributed by atoms with Crippen LogP contribution in [0.1, 0.15) is 45.1 Å². The van der Waals surface area contributed by atoms with Crippen LogP contribution in [0, 0.1) is 0 Å². The molecule has 2 atom stereocenters. The van der Waals surface area contributed by atoms with Gasteiger partial charge in [0.15, 0.2) is 0 Å². The Morgan fingerprint density at radius 2 is 1.94 bits per heavy atom. The van der Waals surface area contributed by atoms with Crippen LogP contribution in [0.2, 0.25) is 0 Å². The van der Waals surface area contributed by atoms with Gasteiger partial charge in [-0.15, -0.1) is 0 Å². The lowest BCUT2D eigenvalue weighted by Gasteiger charge is -2.31. The van der Waals surface area contributed by atoms with Gasteiger partial charge >= 0.3 is 0 Å². The summed E-state index contributed by atoms with van der Waals surface area (Å²) in [6.45, 7) is 0.0294. The van der Waals surface area contributed by atoms with Gasteiger partial charge in [0.1, 0.15) is 5.65 Å². The van der Waals surface area contributed by atoms with Crippen LogP contribution in [0.3, 0.4) is 0 Å². The van der Waals surface area contributed by atoms with E-state index in [1.807, 2.05) is 4.72 Å². The molecule has 2 aromatic heterocycles. The second kappa shape index (κ2) is 9.20. The number of halogens is 2. The van der Waals surface area contributed by atoms with Crippen LogP contribution >= 0.6 is 0 Å². The summed E-state index contributed by atoms with van der Waals surface area (Å²) in [5, 5.41) is 14.2. The van der Waals surface area contributed by atoms with Gasteiger partial charge in [0, 0.05) is 43.7 Å². The molecule has 2 aromatic rings. The molecule has 2 aliphatic rings. The van der Waals surface area contributed by atoms with Gasteiger partial charge in [-0.2, -0.15) is 22.4 Å². The average Bonchev–Trinajstić information content (AvgIpc) is 3.17. The average molecular weight is 487 g/mol. The van der Waals surface area contributed by atoms with E-state index in [0.29, 0.717) is 49.6 Å². The van der Waals surface area contributed by atoms with Gasteiger partial charge in [0.2, 0.25) is 5.95 Å². The van der Waals surface area contributed by atoms with E-state index >= 15 is 0 Å². The van der Waals surface area contributed by atoms with Gasteiger partial charge in [0.05, 0.1) is 18.7 Å². The predicted molar refractivity (Wildman–Crippen MR) is 118 cm³/mol. The first-order chi connectivity index (χ1) is 15.5. The summed E-state index contributed by atoms with van der Waals surface area (Å²) < 4.78 is 55.1. The molecule has 0 spiro atoms. The van der Waals surface area contributed by atoms with E-state index in [1.54, 1.807) is 12.3 Å².